The van der Waals surface area contributed by atoms with Gasteiger partial charge in [-0.1, -0.05) is 0 Å². The van der Waals surface area contributed by atoms with Gasteiger partial charge in [0.05, 0.1) is 46.2 Å². The van der Waals surface area contributed by atoms with Crippen molar-refractivity contribution >= 4 is 0 Å². The van der Waals surface area contributed by atoms with E-state index in [9.17, 15) is 97.0 Å². The Hall–Kier alpha value is -1.48. The summed E-state index contributed by atoms with van der Waals surface area (Å²) in [5, 5.41) is 216. The highest BCUT2D eigenvalue weighted by Crippen LogP contribution is 2.39. The van der Waals surface area contributed by atoms with E-state index in [1.807, 2.05) is 0 Å². The Bertz CT molecular complexity index is 2110. The van der Waals surface area contributed by atoms with Crippen molar-refractivity contribution in [2.45, 2.75) is 266 Å². The third kappa shape index (κ3) is 15.1. The SMILES string of the molecule is OC[C@H]1O[C@@H]2O[C@H]3[C@H](O)[C@@H](O)[C@@H](O[C@H]4[C@H](O)[C@@H](O)[C@@H](O[C@H]5[C@H](O)[C@@H](O)[C@@H](O[C@H]6[C@H](O)[C@@H](O)[C@@H](O[C@H]7[C@H](O)[C@@H](O)[C@@H](O[C@H]8[C@H](O)[C@H](O)[C@@H](O[C@H]1[C@H](O)[C@@H]2O)O[C@@H]8CO)O[C@@H]7COC1CCCCO1)O[C@@H]6CO)O[C@@H]5CO)O[C@@H]4CO)O[C@@H]3COC1CCCCO1. The molecule has 0 aromatic carbocycles. The monoisotopic (exact) mass is 1300 g/mol. The number of hydrogen-bond acceptors (Lipinski definition) is 37. The quantitative estimate of drug-likeness (QED) is 0.0913. The maximum absolute atomic E-state index is 11.8. The van der Waals surface area contributed by atoms with Crippen LogP contribution in [-0.2, 0) is 85.3 Å². The molecule has 23 heterocycles. The molecule has 89 heavy (non-hydrogen) atoms. The largest absolute Gasteiger partial charge is 0.394 e. The Morgan fingerprint density at radius 1 is 0.236 bits per heavy atom. The molecule has 516 valence electrons. The first kappa shape index (κ1) is 70.3. The number of ether oxygens (including phenoxy) is 18. The van der Waals surface area contributed by atoms with Crippen LogP contribution in [0.5, 0.6) is 0 Å². The van der Waals surface area contributed by atoms with Gasteiger partial charge in [-0.3, -0.25) is 0 Å². The highest BCUT2D eigenvalue weighted by atomic mass is 16.8. The number of rotatable bonds is 11. The maximum Gasteiger partial charge on any atom is 0.187 e. The molecule has 0 aromatic rings. The van der Waals surface area contributed by atoms with Crippen LogP contribution in [0.2, 0.25) is 0 Å². The molecule has 0 radical (unpaired) electrons. The number of hydrogen-bond donors (Lipinski definition) is 19. The van der Waals surface area contributed by atoms with Gasteiger partial charge in [0.2, 0.25) is 0 Å². The molecule has 2 unspecified atom stereocenters. The van der Waals surface area contributed by atoms with E-state index in [-0.39, 0.29) is 0 Å². The fraction of sp³-hybridized carbons (Fsp3) is 1.00. The summed E-state index contributed by atoms with van der Waals surface area (Å²) in [6.07, 6.45) is -67.2. The molecular weight excluding hydrogens is 1220 g/mol. The predicted octanol–water partition coefficient (Wildman–Crippen LogP) is -12.1. The molecular formula is C52H86O37. The Morgan fingerprint density at radius 2 is 0.427 bits per heavy atom. The summed E-state index contributed by atoms with van der Waals surface area (Å²) >= 11 is 0. The van der Waals surface area contributed by atoms with Crippen molar-refractivity contribution in [2.24, 2.45) is 0 Å². The number of aliphatic hydroxyl groups is 19. The van der Waals surface area contributed by atoms with Crippen molar-refractivity contribution in [2.75, 3.05) is 59.5 Å². The summed E-state index contributed by atoms with van der Waals surface area (Å²) in [6, 6.07) is 0. The Balaban J connectivity index is 0.947. The first-order valence-corrected chi connectivity index (χ1v) is 29.9. The smallest absolute Gasteiger partial charge is 0.187 e. The summed E-state index contributed by atoms with van der Waals surface area (Å²) in [4.78, 5) is 0. The second-order valence-electron chi connectivity index (χ2n) is 23.5. The van der Waals surface area contributed by atoms with E-state index in [1.165, 1.54) is 0 Å². The minimum absolute atomic E-state index is 0.317. The second kappa shape index (κ2) is 31.2. The summed E-state index contributed by atoms with van der Waals surface area (Å²) in [6.45, 7) is -5.56. The molecule has 0 aromatic heterocycles. The van der Waals surface area contributed by atoms with Crippen LogP contribution in [0.3, 0.4) is 0 Å². The molecule has 23 aliphatic heterocycles. The van der Waals surface area contributed by atoms with Crippen LogP contribution in [-0.4, -0.2) is 384 Å². The molecule has 0 saturated carbocycles. The van der Waals surface area contributed by atoms with Gasteiger partial charge >= 0.3 is 0 Å². The molecule has 23 rings (SSSR count). The summed E-state index contributed by atoms with van der Waals surface area (Å²) < 4.78 is 106. The molecule has 0 aliphatic carbocycles. The first-order chi connectivity index (χ1) is 42.7. The minimum atomic E-state index is -2.20. The van der Waals surface area contributed by atoms with E-state index in [4.69, 9.17) is 85.3 Å². The van der Waals surface area contributed by atoms with Gasteiger partial charge in [0.1, 0.15) is 171 Å². The highest BCUT2D eigenvalue weighted by Gasteiger charge is 2.60. The average Bonchev–Trinajstić information content (AvgIpc) is 1.48. The van der Waals surface area contributed by atoms with Gasteiger partial charge in [0, 0.05) is 13.2 Å². The Morgan fingerprint density at radius 3 is 0.607 bits per heavy atom. The van der Waals surface area contributed by atoms with Crippen LogP contribution < -0.4 is 0 Å². The van der Waals surface area contributed by atoms with Gasteiger partial charge in [-0.2, -0.15) is 0 Å². The van der Waals surface area contributed by atoms with E-state index in [2.05, 4.69) is 0 Å². The van der Waals surface area contributed by atoms with Crippen molar-refractivity contribution in [3.8, 4) is 0 Å². The van der Waals surface area contributed by atoms with E-state index in [0.29, 0.717) is 38.9 Å². The van der Waals surface area contributed by atoms with Crippen LogP contribution >= 0.6 is 0 Å². The highest BCUT2D eigenvalue weighted by molar-refractivity contribution is 5.02. The molecule has 37 nitrogen and oxygen atoms in total. The standard InChI is InChI=1S/C52H86O37/c53-9-16-39-25(58)32(65)46(76-16)84-40-17(10-54)79-49(35(68)28(40)61)88-44-21(14-74-23-5-1-3-7-72-23)82-52(38(71)31(44)64)87-43-20(13-57)78-48(34(67)27(43)60)85-41-18(11-55)80-50(36(69)29(41)62)89-45-22(15-75-24-6-2-4-8-73-24)81-51(37(70)30(45)63)86-42-19(12-56)77-47(83-39)33(66)26(42)59/h16-71H,1-15H2/t16-,17-,18-,19-,20-,21-,22-,23?,24?,25-,26-,27-,28-,29-,30-,31-,32-,33-,34+,35-,36+,37-,38-,39-,40-,41-,42-,43-,44-,45-,46-,47-,48-,49-,50-,51-,52-/m1/s1. The van der Waals surface area contributed by atoms with Gasteiger partial charge in [-0.25, -0.2) is 0 Å². The molecule has 37 heteroatoms. The summed E-state index contributed by atoms with van der Waals surface area (Å²) in [5.74, 6) is 0. The maximum atomic E-state index is 11.8. The fourth-order valence-corrected chi connectivity index (χ4v) is 12.5. The van der Waals surface area contributed by atoms with Crippen LogP contribution in [0, 0.1) is 0 Å². The van der Waals surface area contributed by atoms with Gasteiger partial charge < -0.3 is 182 Å². The lowest BCUT2D eigenvalue weighted by molar-refractivity contribution is -0.398. The fourth-order valence-electron chi connectivity index (χ4n) is 12.5. The van der Waals surface area contributed by atoms with Gasteiger partial charge in [0.25, 0.3) is 0 Å². The van der Waals surface area contributed by atoms with Crippen LogP contribution in [0.4, 0.5) is 0 Å². The van der Waals surface area contributed by atoms with Gasteiger partial charge in [-0.05, 0) is 38.5 Å². The molecule has 23 saturated heterocycles. The summed E-state index contributed by atoms with van der Waals surface area (Å²) in [5.41, 5.74) is 0. The van der Waals surface area contributed by atoms with Crippen molar-refractivity contribution in [1.82, 2.24) is 0 Å². The van der Waals surface area contributed by atoms with E-state index >= 15 is 0 Å². The predicted molar refractivity (Wildman–Crippen MR) is 273 cm³/mol. The van der Waals surface area contributed by atoms with E-state index < -0.39 is 274 Å². The Kier molecular flexibility index (Phi) is 24.6. The first-order valence-electron chi connectivity index (χ1n) is 29.9. The zero-order valence-corrected chi connectivity index (χ0v) is 47.8. The topological polar surface area (TPSA) is 551 Å². The summed E-state index contributed by atoms with van der Waals surface area (Å²) in [7, 11) is 0. The third-order valence-electron chi connectivity index (χ3n) is 17.6. The minimum Gasteiger partial charge on any atom is -0.394 e. The van der Waals surface area contributed by atoms with Crippen molar-refractivity contribution < 1.29 is 182 Å². The normalized spacial score (nSPS) is 53.2. The molecule has 0 spiro atoms. The lowest BCUT2D eigenvalue weighted by Crippen LogP contribution is -2.68. The van der Waals surface area contributed by atoms with Crippen LogP contribution in [0.25, 0.3) is 0 Å². The van der Waals surface area contributed by atoms with Crippen molar-refractivity contribution in [3.05, 3.63) is 0 Å². The van der Waals surface area contributed by atoms with Crippen molar-refractivity contribution in [3.63, 3.8) is 0 Å². The van der Waals surface area contributed by atoms with Gasteiger partial charge in [-0.15, -0.1) is 0 Å². The van der Waals surface area contributed by atoms with Crippen LogP contribution in [0.1, 0.15) is 38.5 Å². The lowest BCUT2D eigenvalue weighted by Gasteiger charge is -2.50. The van der Waals surface area contributed by atoms with Gasteiger partial charge in [0.15, 0.2) is 56.6 Å². The second-order valence-corrected chi connectivity index (χ2v) is 23.5. The van der Waals surface area contributed by atoms with E-state index in [0.717, 1.165) is 12.8 Å². The molecule has 23 fully saturated rings. The molecule has 19 N–H and O–H groups in total. The average molecular weight is 1300 g/mol. The molecule has 0 amide bonds. The third-order valence-corrected chi connectivity index (χ3v) is 17.6. The lowest BCUT2D eigenvalue weighted by atomic mass is 9.95. The molecule has 23 aliphatic rings. The molecule has 37 atom stereocenters. The van der Waals surface area contributed by atoms with Crippen LogP contribution in [0.15, 0.2) is 0 Å². The Labute approximate surface area is 506 Å². The molecule has 14 bridgehead atoms. The number of aliphatic hydroxyl groups excluding tert-OH is 19. The van der Waals surface area contributed by atoms with Crippen molar-refractivity contribution in [1.29, 1.82) is 0 Å². The zero-order chi connectivity index (χ0) is 63.7. The van der Waals surface area contributed by atoms with E-state index in [1.54, 1.807) is 0 Å². The zero-order valence-electron chi connectivity index (χ0n) is 47.8.